The Bertz CT molecular complexity index is 398. The van der Waals surface area contributed by atoms with Crippen molar-refractivity contribution in [3.63, 3.8) is 0 Å². The molecule has 4 heteroatoms. The van der Waals surface area contributed by atoms with Crippen LogP contribution in [0.3, 0.4) is 0 Å². The minimum atomic E-state index is 0.124. The minimum Gasteiger partial charge on any atom is -0.361 e. The van der Waals surface area contributed by atoms with E-state index in [1.165, 1.54) is 0 Å². The van der Waals surface area contributed by atoms with Crippen molar-refractivity contribution in [1.29, 1.82) is 0 Å². The summed E-state index contributed by atoms with van der Waals surface area (Å²) in [6, 6.07) is 2.12. The molecule has 0 aromatic carbocycles. The zero-order valence-corrected chi connectivity index (χ0v) is 10.8. The molecular weight excluding hydrogens is 216 g/mol. The highest BCUT2D eigenvalue weighted by Crippen LogP contribution is 2.32. The number of hydrogen-bond donors (Lipinski definition) is 0. The standard InChI is InChI=1S/C13H20N2O2/c1-4-13(16)15-7-5-6-11(15)10-8-12(9(2)3)17-14-10/h8-9,11H,4-7H2,1-3H3/t11-/m1/s1. The fourth-order valence-corrected chi connectivity index (χ4v) is 2.31. The second-order valence-corrected chi connectivity index (χ2v) is 4.91. The molecule has 1 amide bonds. The predicted octanol–water partition coefficient (Wildman–Crippen LogP) is 2.87. The molecule has 1 aromatic heterocycles. The fourth-order valence-electron chi connectivity index (χ4n) is 2.31. The Morgan fingerprint density at radius 2 is 2.41 bits per heavy atom. The van der Waals surface area contributed by atoms with Gasteiger partial charge in [-0.2, -0.15) is 0 Å². The zero-order valence-electron chi connectivity index (χ0n) is 10.8. The fraction of sp³-hybridized carbons (Fsp3) is 0.692. The summed E-state index contributed by atoms with van der Waals surface area (Å²) in [5, 5.41) is 4.12. The lowest BCUT2D eigenvalue weighted by Crippen LogP contribution is -2.29. The molecule has 0 unspecified atom stereocenters. The van der Waals surface area contributed by atoms with Gasteiger partial charge in [0.15, 0.2) is 0 Å². The second kappa shape index (κ2) is 4.90. The lowest BCUT2D eigenvalue weighted by molar-refractivity contribution is -0.131. The van der Waals surface area contributed by atoms with Crippen LogP contribution in [0.1, 0.15) is 63.4 Å². The molecular formula is C13H20N2O2. The van der Waals surface area contributed by atoms with Crippen LogP contribution in [0.25, 0.3) is 0 Å². The van der Waals surface area contributed by atoms with Crippen molar-refractivity contribution in [1.82, 2.24) is 10.1 Å². The Labute approximate surface area is 102 Å². The van der Waals surface area contributed by atoms with E-state index in [0.29, 0.717) is 12.3 Å². The monoisotopic (exact) mass is 236 g/mol. The van der Waals surface area contributed by atoms with Crippen LogP contribution in [0.4, 0.5) is 0 Å². The number of carbonyl (C=O) groups is 1. The van der Waals surface area contributed by atoms with Gasteiger partial charge in [-0.25, -0.2) is 0 Å². The van der Waals surface area contributed by atoms with Gasteiger partial charge in [-0.15, -0.1) is 0 Å². The maximum Gasteiger partial charge on any atom is 0.222 e. The van der Waals surface area contributed by atoms with Gasteiger partial charge >= 0.3 is 0 Å². The highest BCUT2D eigenvalue weighted by molar-refractivity contribution is 5.76. The number of likely N-dealkylation sites (tertiary alicyclic amines) is 1. The molecule has 1 aliphatic rings. The van der Waals surface area contributed by atoms with Crippen molar-refractivity contribution in [2.75, 3.05) is 6.54 Å². The summed E-state index contributed by atoms with van der Waals surface area (Å²) < 4.78 is 5.31. The molecule has 1 atom stereocenters. The summed E-state index contributed by atoms with van der Waals surface area (Å²) in [4.78, 5) is 13.7. The third-order valence-corrected chi connectivity index (χ3v) is 3.33. The van der Waals surface area contributed by atoms with Crippen LogP contribution in [-0.2, 0) is 4.79 Å². The number of aromatic nitrogens is 1. The molecule has 0 aliphatic carbocycles. The Balaban J connectivity index is 2.17. The molecule has 2 heterocycles. The van der Waals surface area contributed by atoms with Gasteiger partial charge in [-0.05, 0) is 12.8 Å². The molecule has 1 aromatic rings. The van der Waals surface area contributed by atoms with Crippen molar-refractivity contribution in [2.24, 2.45) is 0 Å². The summed E-state index contributed by atoms with van der Waals surface area (Å²) >= 11 is 0. The molecule has 1 fully saturated rings. The van der Waals surface area contributed by atoms with E-state index < -0.39 is 0 Å². The van der Waals surface area contributed by atoms with Crippen LogP contribution >= 0.6 is 0 Å². The smallest absolute Gasteiger partial charge is 0.222 e. The second-order valence-electron chi connectivity index (χ2n) is 4.91. The van der Waals surface area contributed by atoms with Crippen LogP contribution in [-0.4, -0.2) is 22.5 Å². The van der Waals surface area contributed by atoms with Crippen LogP contribution in [0.15, 0.2) is 10.6 Å². The first-order valence-electron chi connectivity index (χ1n) is 6.39. The lowest BCUT2D eigenvalue weighted by Gasteiger charge is -2.22. The topological polar surface area (TPSA) is 46.3 Å². The van der Waals surface area contributed by atoms with Gasteiger partial charge in [-0.1, -0.05) is 25.9 Å². The molecule has 0 N–H and O–H groups in total. The van der Waals surface area contributed by atoms with E-state index in [-0.39, 0.29) is 11.9 Å². The summed E-state index contributed by atoms with van der Waals surface area (Å²) in [7, 11) is 0. The minimum absolute atomic E-state index is 0.124. The van der Waals surface area contributed by atoms with Crippen molar-refractivity contribution in [3.05, 3.63) is 17.5 Å². The van der Waals surface area contributed by atoms with Crippen molar-refractivity contribution >= 4 is 5.91 Å². The summed E-state index contributed by atoms with van der Waals surface area (Å²) in [6.07, 6.45) is 2.61. The predicted molar refractivity (Wildman–Crippen MR) is 64.6 cm³/mol. The van der Waals surface area contributed by atoms with E-state index in [1.54, 1.807) is 0 Å². The maximum absolute atomic E-state index is 11.8. The summed E-state index contributed by atoms with van der Waals surface area (Å²) in [5.41, 5.74) is 0.910. The summed E-state index contributed by atoms with van der Waals surface area (Å²) in [5.74, 6) is 1.45. The molecule has 0 spiro atoms. The van der Waals surface area contributed by atoms with Gasteiger partial charge in [-0.3, -0.25) is 4.79 Å². The van der Waals surface area contributed by atoms with Gasteiger partial charge in [0.05, 0.1) is 6.04 Å². The first kappa shape index (κ1) is 12.1. The molecule has 0 radical (unpaired) electrons. The Morgan fingerprint density at radius 1 is 1.65 bits per heavy atom. The van der Waals surface area contributed by atoms with Gasteiger partial charge in [0.25, 0.3) is 0 Å². The van der Waals surface area contributed by atoms with Gasteiger partial charge in [0.1, 0.15) is 11.5 Å². The number of carbonyl (C=O) groups excluding carboxylic acids is 1. The van der Waals surface area contributed by atoms with E-state index in [4.69, 9.17) is 4.52 Å². The first-order valence-corrected chi connectivity index (χ1v) is 6.39. The van der Waals surface area contributed by atoms with E-state index >= 15 is 0 Å². The molecule has 0 saturated carbocycles. The van der Waals surface area contributed by atoms with Crippen molar-refractivity contribution in [3.8, 4) is 0 Å². The quantitative estimate of drug-likeness (QED) is 0.810. The third-order valence-electron chi connectivity index (χ3n) is 3.33. The largest absolute Gasteiger partial charge is 0.361 e. The Morgan fingerprint density at radius 3 is 3.00 bits per heavy atom. The van der Waals surface area contributed by atoms with E-state index in [9.17, 15) is 4.79 Å². The first-order chi connectivity index (χ1) is 8.13. The summed E-state index contributed by atoms with van der Waals surface area (Å²) in [6.45, 7) is 6.91. The van der Waals surface area contributed by atoms with E-state index in [2.05, 4.69) is 19.0 Å². The van der Waals surface area contributed by atoms with Crippen molar-refractivity contribution in [2.45, 2.75) is 52.0 Å². The van der Waals surface area contributed by atoms with Crippen LogP contribution in [0, 0.1) is 0 Å². The van der Waals surface area contributed by atoms with E-state index in [0.717, 1.165) is 30.8 Å². The van der Waals surface area contributed by atoms with Gasteiger partial charge in [0.2, 0.25) is 5.91 Å². The molecule has 0 bridgehead atoms. The average Bonchev–Trinajstić information content (AvgIpc) is 2.95. The van der Waals surface area contributed by atoms with Crippen LogP contribution in [0.5, 0.6) is 0 Å². The molecule has 1 saturated heterocycles. The highest BCUT2D eigenvalue weighted by Gasteiger charge is 2.31. The molecule has 2 rings (SSSR count). The molecule has 94 valence electrons. The van der Waals surface area contributed by atoms with Gasteiger partial charge in [0, 0.05) is 24.9 Å². The van der Waals surface area contributed by atoms with Crippen molar-refractivity contribution < 1.29 is 9.32 Å². The van der Waals surface area contributed by atoms with E-state index in [1.807, 2.05) is 17.9 Å². The number of hydrogen-bond acceptors (Lipinski definition) is 3. The number of amides is 1. The average molecular weight is 236 g/mol. The number of rotatable bonds is 3. The normalized spacial score (nSPS) is 20.2. The highest BCUT2D eigenvalue weighted by atomic mass is 16.5. The SMILES string of the molecule is CCC(=O)N1CCC[C@@H]1c1cc(C(C)C)on1. The number of nitrogens with zero attached hydrogens (tertiary/aromatic N) is 2. The Hall–Kier alpha value is -1.32. The molecule has 1 aliphatic heterocycles. The lowest BCUT2D eigenvalue weighted by atomic mass is 10.1. The maximum atomic E-state index is 11.8. The molecule has 17 heavy (non-hydrogen) atoms. The molecule has 4 nitrogen and oxygen atoms in total. The zero-order chi connectivity index (χ0) is 12.4. The van der Waals surface area contributed by atoms with Crippen LogP contribution in [0.2, 0.25) is 0 Å². The van der Waals surface area contributed by atoms with Gasteiger partial charge < -0.3 is 9.42 Å². The Kier molecular flexibility index (Phi) is 3.50. The third kappa shape index (κ3) is 2.35. The van der Waals surface area contributed by atoms with Crippen LogP contribution < -0.4 is 0 Å².